The van der Waals surface area contributed by atoms with Crippen molar-refractivity contribution in [2.75, 3.05) is 12.8 Å². The minimum atomic E-state index is -4.06. The Hall–Kier alpha value is -1.57. The Bertz CT molecular complexity index is 774. The molecule has 0 saturated heterocycles. The number of anilines is 1. The molecule has 1 heterocycles. The lowest BCUT2D eigenvalue weighted by Crippen LogP contribution is -2.27. The zero-order chi connectivity index (χ0) is 15.8. The number of furan rings is 1. The first kappa shape index (κ1) is 15.8. The molecule has 0 fully saturated rings. The summed E-state index contributed by atoms with van der Waals surface area (Å²) in [6, 6.07) is 3.87. The molecular formula is C13H14ClFN2O3S. The quantitative estimate of drug-likeness (QED) is 0.873. The molecule has 0 unspecified atom stereocenters. The zero-order valence-electron chi connectivity index (χ0n) is 11.4. The van der Waals surface area contributed by atoms with Crippen LogP contribution in [-0.4, -0.2) is 19.8 Å². The van der Waals surface area contributed by atoms with Crippen molar-refractivity contribution in [3.63, 3.8) is 0 Å². The first-order valence-corrected chi connectivity index (χ1v) is 7.79. The van der Waals surface area contributed by atoms with E-state index in [-0.39, 0.29) is 17.3 Å². The smallest absolute Gasteiger partial charge is 0.246 e. The molecule has 0 aliphatic carbocycles. The molecular weight excluding hydrogens is 319 g/mol. The van der Waals surface area contributed by atoms with Gasteiger partial charge in [-0.3, -0.25) is 0 Å². The van der Waals surface area contributed by atoms with E-state index in [1.807, 2.05) is 0 Å². The molecule has 8 heteroatoms. The van der Waals surface area contributed by atoms with E-state index < -0.39 is 20.7 Å². The number of nitrogens with zero attached hydrogens (tertiary/aromatic N) is 1. The third-order valence-electron chi connectivity index (χ3n) is 3.06. The average molecular weight is 333 g/mol. The van der Waals surface area contributed by atoms with Gasteiger partial charge in [-0.1, -0.05) is 11.6 Å². The summed E-state index contributed by atoms with van der Waals surface area (Å²) in [4.78, 5) is -0.545. The van der Waals surface area contributed by atoms with E-state index in [2.05, 4.69) is 0 Å². The van der Waals surface area contributed by atoms with E-state index in [0.29, 0.717) is 11.3 Å². The van der Waals surface area contributed by atoms with Crippen LogP contribution < -0.4 is 5.73 Å². The van der Waals surface area contributed by atoms with Gasteiger partial charge in [0.1, 0.15) is 10.7 Å². The molecule has 2 rings (SSSR count). The van der Waals surface area contributed by atoms with E-state index in [1.165, 1.54) is 13.3 Å². The number of aryl methyl sites for hydroxylation is 1. The highest BCUT2D eigenvalue weighted by atomic mass is 35.5. The number of halogens is 2. The molecule has 0 aliphatic heterocycles. The van der Waals surface area contributed by atoms with Crippen LogP contribution in [0.2, 0.25) is 5.02 Å². The lowest BCUT2D eigenvalue weighted by Gasteiger charge is -2.18. The lowest BCUT2D eigenvalue weighted by molar-refractivity contribution is 0.453. The maximum absolute atomic E-state index is 14.0. The van der Waals surface area contributed by atoms with Crippen LogP contribution in [0.15, 0.2) is 33.8 Å². The minimum absolute atomic E-state index is 0.0521. The molecule has 1 aromatic carbocycles. The van der Waals surface area contributed by atoms with Gasteiger partial charge in [0.05, 0.1) is 11.3 Å². The Labute approximate surface area is 127 Å². The molecule has 0 aliphatic rings. The number of nitrogens with two attached hydrogens (primary N) is 1. The van der Waals surface area contributed by atoms with Crippen LogP contribution in [0, 0.1) is 12.7 Å². The topological polar surface area (TPSA) is 76.5 Å². The van der Waals surface area contributed by atoms with E-state index >= 15 is 0 Å². The summed E-state index contributed by atoms with van der Waals surface area (Å²) >= 11 is 5.64. The average Bonchev–Trinajstić information content (AvgIpc) is 2.79. The Morgan fingerprint density at radius 3 is 2.67 bits per heavy atom. The second-order valence-electron chi connectivity index (χ2n) is 4.58. The number of sulfonamides is 1. The SMILES string of the molecule is Cc1occc1CN(C)S(=O)(=O)c1cc(N)cc(Cl)c1F. The first-order chi connectivity index (χ1) is 9.73. The predicted molar refractivity (Wildman–Crippen MR) is 77.9 cm³/mol. The van der Waals surface area contributed by atoms with Gasteiger partial charge < -0.3 is 10.2 Å². The molecule has 1 aromatic heterocycles. The number of benzene rings is 1. The van der Waals surface area contributed by atoms with Crippen molar-refractivity contribution in [1.82, 2.24) is 4.31 Å². The van der Waals surface area contributed by atoms with Gasteiger partial charge in [-0.15, -0.1) is 0 Å². The molecule has 0 spiro atoms. The van der Waals surface area contributed by atoms with Crippen LogP contribution >= 0.6 is 11.6 Å². The zero-order valence-corrected chi connectivity index (χ0v) is 13.0. The van der Waals surface area contributed by atoms with Gasteiger partial charge >= 0.3 is 0 Å². The van der Waals surface area contributed by atoms with E-state index in [0.717, 1.165) is 16.4 Å². The normalized spacial score (nSPS) is 12.0. The molecule has 0 radical (unpaired) electrons. The summed E-state index contributed by atoms with van der Waals surface area (Å²) in [6.07, 6.45) is 1.46. The Kier molecular flexibility index (Phi) is 4.27. The molecule has 0 amide bonds. The van der Waals surface area contributed by atoms with Crippen molar-refractivity contribution in [2.24, 2.45) is 0 Å². The summed E-state index contributed by atoms with van der Waals surface area (Å²) < 4.78 is 45.0. The van der Waals surface area contributed by atoms with Crippen LogP contribution in [0.1, 0.15) is 11.3 Å². The van der Waals surface area contributed by atoms with Crippen molar-refractivity contribution < 1.29 is 17.2 Å². The second kappa shape index (κ2) is 5.67. The Balaban J connectivity index is 2.40. The number of hydrogen-bond acceptors (Lipinski definition) is 4. The van der Waals surface area contributed by atoms with E-state index in [9.17, 15) is 12.8 Å². The van der Waals surface area contributed by atoms with Gasteiger partial charge in [-0.25, -0.2) is 12.8 Å². The Morgan fingerprint density at radius 1 is 1.43 bits per heavy atom. The molecule has 5 nitrogen and oxygen atoms in total. The van der Waals surface area contributed by atoms with Crippen LogP contribution in [0.25, 0.3) is 0 Å². The summed E-state index contributed by atoms with van der Waals surface area (Å²) in [6.45, 7) is 1.77. The fourth-order valence-corrected chi connectivity index (χ4v) is 3.39. The monoisotopic (exact) mass is 332 g/mol. The molecule has 2 N–H and O–H groups in total. The van der Waals surface area contributed by atoms with Crippen molar-refractivity contribution in [2.45, 2.75) is 18.4 Å². The Morgan fingerprint density at radius 2 is 2.10 bits per heavy atom. The van der Waals surface area contributed by atoms with Gasteiger partial charge in [-0.2, -0.15) is 4.31 Å². The lowest BCUT2D eigenvalue weighted by atomic mass is 10.3. The number of nitrogen functional groups attached to an aromatic ring is 1. The van der Waals surface area contributed by atoms with E-state index in [1.54, 1.807) is 13.0 Å². The van der Waals surface area contributed by atoms with Gasteiger partial charge in [0.2, 0.25) is 10.0 Å². The molecule has 21 heavy (non-hydrogen) atoms. The molecule has 0 bridgehead atoms. The summed E-state index contributed by atoms with van der Waals surface area (Å²) in [5.74, 6) is -0.412. The van der Waals surface area contributed by atoms with Crippen LogP contribution in [0.5, 0.6) is 0 Å². The first-order valence-electron chi connectivity index (χ1n) is 5.97. The maximum Gasteiger partial charge on any atom is 0.246 e. The highest BCUT2D eigenvalue weighted by Gasteiger charge is 2.27. The second-order valence-corrected chi connectivity index (χ2v) is 7.00. The highest BCUT2D eigenvalue weighted by molar-refractivity contribution is 7.89. The summed E-state index contributed by atoms with van der Waals surface area (Å²) in [7, 11) is -2.71. The molecule has 0 atom stereocenters. The van der Waals surface area contributed by atoms with Crippen molar-refractivity contribution in [3.8, 4) is 0 Å². The van der Waals surface area contributed by atoms with Crippen molar-refractivity contribution >= 4 is 27.3 Å². The number of hydrogen-bond donors (Lipinski definition) is 1. The summed E-state index contributed by atoms with van der Waals surface area (Å²) in [5, 5.41) is -0.332. The van der Waals surface area contributed by atoms with Crippen LogP contribution in [0.4, 0.5) is 10.1 Å². The van der Waals surface area contributed by atoms with Crippen LogP contribution in [0.3, 0.4) is 0 Å². The summed E-state index contributed by atoms with van der Waals surface area (Å²) in [5.41, 5.74) is 6.30. The van der Waals surface area contributed by atoms with Crippen LogP contribution in [-0.2, 0) is 16.6 Å². The fraction of sp³-hybridized carbons (Fsp3) is 0.231. The molecule has 0 saturated carbocycles. The van der Waals surface area contributed by atoms with Gasteiger partial charge in [0.25, 0.3) is 0 Å². The predicted octanol–water partition coefficient (Wildman–Crippen LogP) is 2.78. The van der Waals surface area contributed by atoms with Crippen molar-refractivity contribution in [3.05, 3.63) is 46.6 Å². The highest BCUT2D eigenvalue weighted by Crippen LogP contribution is 2.28. The van der Waals surface area contributed by atoms with Gasteiger partial charge in [0.15, 0.2) is 5.82 Å². The van der Waals surface area contributed by atoms with Gasteiger partial charge in [-0.05, 0) is 25.1 Å². The van der Waals surface area contributed by atoms with Gasteiger partial charge in [0, 0.05) is 24.8 Å². The molecule has 114 valence electrons. The standard InChI is InChI=1S/C13H14ClFN2O3S/c1-8-9(3-4-20-8)7-17(2)21(18,19)12-6-10(16)5-11(14)13(12)15/h3-6H,7,16H2,1-2H3. The third kappa shape index (κ3) is 3.04. The minimum Gasteiger partial charge on any atom is -0.469 e. The van der Waals surface area contributed by atoms with E-state index in [4.69, 9.17) is 21.8 Å². The maximum atomic E-state index is 14.0. The van der Waals surface area contributed by atoms with Crippen molar-refractivity contribution in [1.29, 1.82) is 0 Å². The third-order valence-corrected chi connectivity index (χ3v) is 5.14. The molecule has 2 aromatic rings. The largest absolute Gasteiger partial charge is 0.469 e. The number of rotatable bonds is 4. The fourth-order valence-electron chi connectivity index (χ4n) is 1.84.